The SMILES string of the molecule is C=CCn1c(SCC(=O)Nc2ccc(Br)cc2)nc2sccc2c1=O. The molecule has 0 aliphatic carbocycles. The first kappa shape index (κ1) is 17.9. The van der Waals surface area contributed by atoms with Gasteiger partial charge in [-0.15, -0.1) is 17.9 Å². The standard InChI is InChI=1S/C17H14BrN3O2S2/c1-2-8-21-16(23)13-7-9-24-15(13)20-17(21)25-10-14(22)19-12-5-3-11(18)4-6-12/h2-7,9H,1,8,10H2,(H,19,22). The van der Waals surface area contributed by atoms with Gasteiger partial charge in [0.05, 0.1) is 11.1 Å². The van der Waals surface area contributed by atoms with Crippen LogP contribution in [-0.4, -0.2) is 21.2 Å². The van der Waals surface area contributed by atoms with Crippen molar-refractivity contribution < 1.29 is 4.79 Å². The van der Waals surface area contributed by atoms with Crippen LogP contribution in [0.25, 0.3) is 10.2 Å². The molecule has 0 aliphatic heterocycles. The summed E-state index contributed by atoms with van der Waals surface area (Å²) in [5, 5.41) is 5.78. The number of thiophene rings is 1. The van der Waals surface area contributed by atoms with Gasteiger partial charge >= 0.3 is 0 Å². The van der Waals surface area contributed by atoms with Crippen molar-refractivity contribution in [3.8, 4) is 0 Å². The zero-order valence-electron chi connectivity index (χ0n) is 13.1. The molecule has 1 N–H and O–H groups in total. The fourth-order valence-electron chi connectivity index (χ4n) is 2.19. The maximum Gasteiger partial charge on any atom is 0.263 e. The number of hydrogen-bond donors (Lipinski definition) is 1. The number of rotatable bonds is 6. The minimum Gasteiger partial charge on any atom is -0.325 e. The molecular formula is C17H14BrN3O2S2. The van der Waals surface area contributed by atoms with Crippen molar-refractivity contribution in [3.63, 3.8) is 0 Å². The van der Waals surface area contributed by atoms with Crippen LogP contribution in [-0.2, 0) is 11.3 Å². The fourth-order valence-corrected chi connectivity index (χ4v) is 4.07. The Morgan fingerprint density at radius 1 is 1.36 bits per heavy atom. The van der Waals surface area contributed by atoms with E-state index in [9.17, 15) is 9.59 Å². The molecule has 5 nitrogen and oxygen atoms in total. The van der Waals surface area contributed by atoms with Crippen LogP contribution in [0.5, 0.6) is 0 Å². The van der Waals surface area contributed by atoms with E-state index in [-0.39, 0.29) is 17.2 Å². The van der Waals surface area contributed by atoms with Gasteiger partial charge in [-0.25, -0.2) is 4.98 Å². The molecule has 0 bridgehead atoms. The van der Waals surface area contributed by atoms with Gasteiger partial charge in [0, 0.05) is 16.7 Å². The number of nitrogens with one attached hydrogen (secondary N) is 1. The topological polar surface area (TPSA) is 64.0 Å². The normalized spacial score (nSPS) is 10.8. The number of carbonyl (C=O) groups is 1. The number of thioether (sulfide) groups is 1. The number of aromatic nitrogens is 2. The van der Waals surface area contributed by atoms with Gasteiger partial charge in [0.2, 0.25) is 5.91 Å². The van der Waals surface area contributed by atoms with Gasteiger partial charge in [0.25, 0.3) is 5.56 Å². The molecular weight excluding hydrogens is 422 g/mol. The molecule has 0 saturated carbocycles. The van der Waals surface area contributed by atoms with Crippen LogP contribution in [0.15, 0.2) is 62.8 Å². The quantitative estimate of drug-likeness (QED) is 0.359. The van der Waals surface area contributed by atoms with E-state index in [4.69, 9.17) is 0 Å². The second-order valence-corrected chi connectivity index (χ2v) is 7.83. The lowest BCUT2D eigenvalue weighted by Gasteiger charge is -2.10. The summed E-state index contributed by atoms with van der Waals surface area (Å²) in [6.45, 7) is 4.04. The average molecular weight is 436 g/mol. The molecule has 128 valence electrons. The Morgan fingerprint density at radius 2 is 2.12 bits per heavy atom. The third-order valence-corrected chi connectivity index (χ3v) is 5.63. The Bertz CT molecular complexity index is 980. The van der Waals surface area contributed by atoms with Crippen molar-refractivity contribution in [2.45, 2.75) is 11.7 Å². The highest BCUT2D eigenvalue weighted by Crippen LogP contribution is 2.21. The monoisotopic (exact) mass is 435 g/mol. The summed E-state index contributed by atoms with van der Waals surface area (Å²) in [5.74, 6) is 0.00859. The van der Waals surface area contributed by atoms with E-state index in [0.717, 1.165) is 10.2 Å². The first-order valence-electron chi connectivity index (χ1n) is 7.35. The van der Waals surface area contributed by atoms with E-state index in [1.165, 1.54) is 23.1 Å². The predicted octanol–water partition coefficient (Wildman–Crippen LogP) is 4.14. The molecule has 0 spiro atoms. The van der Waals surface area contributed by atoms with Gasteiger partial charge in [-0.2, -0.15) is 0 Å². The molecule has 25 heavy (non-hydrogen) atoms. The highest BCUT2D eigenvalue weighted by Gasteiger charge is 2.13. The van der Waals surface area contributed by atoms with Crippen LogP contribution in [0, 0.1) is 0 Å². The number of carbonyl (C=O) groups excluding carboxylic acids is 1. The van der Waals surface area contributed by atoms with E-state index in [0.29, 0.717) is 21.9 Å². The van der Waals surface area contributed by atoms with Crippen molar-refractivity contribution in [2.24, 2.45) is 0 Å². The van der Waals surface area contributed by atoms with Crippen LogP contribution < -0.4 is 10.9 Å². The molecule has 3 aromatic rings. The van der Waals surface area contributed by atoms with Crippen molar-refractivity contribution in [1.29, 1.82) is 0 Å². The summed E-state index contributed by atoms with van der Waals surface area (Å²) in [6.07, 6.45) is 1.65. The predicted molar refractivity (Wildman–Crippen MR) is 108 cm³/mol. The lowest BCUT2D eigenvalue weighted by molar-refractivity contribution is -0.113. The molecule has 2 aromatic heterocycles. The number of benzene rings is 1. The summed E-state index contributed by atoms with van der Waals surface area (Å²) < 4.78 is 2.49. The molecule has 2 heterocycles. The molecule has 0 fully saturated rings. The number of fused-ring (bicyclic) bond motifs is 1. The third kappa shape index (κ3) is 4.20. The molecule has 8 heteroatoms. The van der Waals surface area contributed by atoms with Gasteiger partial charge < -0.3 is 5.32 Å². The Balaban J connectivity index is 1.76. The molecule has 0 unspecified atom stereocenters. The lowest BCUT2D eigenvalue weighted by Crippen LogP contribution is -2.23. The second kappa shape index (κ2) is 7.99. The van der Waals surface area contributed by atoms with Crippen molar-refractivity contribution in [2.75, 3.05) is 11.1 Å². The van der Waals surface area contributed by atoms with Crippen molar-refractivity contribution in [3.05, 3.63) is 63.2 Å². The maximum absolute atomic E-state index is 12.5. The minimum atomic E-state index is -0.155. The number of halogens is 1. The van der Waals surface area contributed by atoms with Crippen LogP contribution in [0.1, 0.15) is 0 Å². The third-order valence-electron chi connectivity index (χ3n) is 3.32. The van der Waals surface area contributed by atoms with Gasteiger partial charge in [-0.1, -0.05) is 33.8 Å². The smallest absolute Gasteiger partial charge is 0.263 e. The number of hydrogen-bond acceptors (Lipinski definition) is 5. The number of nitrogens with zero attached hydrogens (tertiary/aromatic N) is 2. The molecule has 0 radical (unpaired) electrons. The average Bonchev–Trinajstić information content (AvgIpc) is 3.07. The maximum atomic E-state index is 12.5. The van der Waals surface area contributed by atoms with Gasteiger partial charge in [0.15, 0.2) is 5.16 Å². The highest BCUT2D eigenvalue weighted by molar-refractivity contribution is 9.10. The van der Waals surface area contributed by atoms with Crippen molar-refractivity contribution in [1.82, 2.24) is 9.55 Å². The summed E-state index contributed by atoms with van der Waals surface area (Å²) in [5.41, 5.74) is 0.612. The molecule has 1 amide bonds. The van der Waals surface area contributed by atoms with E-state index in [2.05, 4.69) is 32.8 Å². The first-order chi connectivity index (χ1) is 12.1. The molecule has 0 atom stereocenters. The van der Waals surface area contributed by atoms with Crippen LogP contribution in [0.4, 0.5) is 5.69 Å². The number of allylic oxidation sites excluding steroid dienone is 1. The fraction of sp³-hybridized carbons (Fsp3) is 0.118. The Hall–Kier alpha value is -1.90. The van der Waals surface area contributed by atoms with E-state index in [1.54, 1.807) is 16.7 Å². The Kier molecular flexibility index (Phi) is 5.72. The van der Waals surface area contributed by atoms with Gasteiger partial charge in [-0.05, 0) is 35.7 Å². The van der Waals surface area contributed by atoms with Crippen molar-refractivity contribution >= 4 is 60.8 Å². The minimum absolute atomic E-state index is 0.109. The second-order valence-electron chi connectivity index (χ2n) is 5.08. The lowest BCUT2D eigenvalue weighted by atomic mass is 10.3. The summed E-state index contributed by atoms with van der Waals surface area (Å²) in [6, 6.07) is 9.11. The Labute approximate surface area is 160 Å². The van der Waals surface area contributed by atoms with Crippen LogP contribution in [0.3, 0.4) is 0 Å². The van der Waals surface area contributed by atoms with E-state index < -0.39 is 0 Å². The van der Waals surface area contributed by atoms with Crippen LogP contribution in [0.2, 0.25) is 0 Å². The summed E-state index contributed by atoms with van der Waals surface area (Å²) >= 11 is 6.01. The summed E-state index contributed by atoms with van der Waals surface area (Å²) in [7, 11) is 0. The van der Waals surface area contributed by atoms with Gasteiger partial charge in [-0.3, -0.25) is 14.2 Å². The zero-order chi connectivity index (χ0) is 17.8. The van der Waals surface area contributed by atoms with E-state index in [1.807, 2.05) is 29.6 Å². The molecule has 1 aromatic carbocycles. The number of amides is 1. The Morgan fingerprint density at radius 3 is 2.84 bits per heavy atom. The zero-order valence-corrected chi connectivity index (χ0v) is 16.3. The highest BCUT2D eigenvalue weighted by atomic mass is 79.9. The molecule has 3 rings (SSSR count). The van der Waals surface area contributed by atoms with Gasteiger partial charge in [0.1, 0.15) is 4.83 Å². The van der Waals surface area contributed by atoms with Crippen LogP contribution >= 0.6 is 39.0 Å². The number of anilines is 1. The molecule has 0 saturated heterocycles. The first-order valence-corrected chi connectivity index (χ1v) is 10.0. The van der Waals surface area contributed by atoms with E-state index >= 15 is 0 Å². The molecule has 0 aliphatic rings. The largest absolute Gasteiger partial charge is 0.325 e. The summed E-state index contributed by atoms with van der Waals surface area (Å²) in [4.78, 5) is 29.9.